The quantitative estimate of drug-likeness (QED) is 0.618. The van der Waals surface area contributed by atoms with Crippen molar-refractivity contribution in [1.29, 1.82) is 0 Å². The van der Waals surface area contributed by atoms with E-state index in [9.17, 15) is 19.1 Å². The number of alkyl halides is 1. The minimum absolute atomic E-state index is 0.0606. The summed E-state index contributed by atoms with van der Waals surface area (Å²) in [7, 11) is 0. The van der Waals surface area contributed by atoms with Gasteiger partial charge in [0.25, 0.3) is 0 Å². The third-order valence-corrected chi connectivity index (χ3v) is 6.22. The topological polar surface area (TPSA) is 71.3 Å². The first-order valence-electron chi connectivity index (χ1n) is 10.1. The molecule has 1 amide bonds. The molecule has 30 heavy (non-hydrogen) atoms. The van der Waals surface area contributed by atoms with E-state index in [1.807, 2.05) is 0 Å². The minimum atomic E-state index is -1.07. The number of carbonyl (C=O) groups excluding carboxylic acids is 1. The summed E-state index contributed by atoms with van der Waals surface area (Å²) in [5.74, 6) is -2.26. The Kier molecular flexibility index (Phi) is 4.34. The maximum absolute atomic E-state index is 15.1. The number of aromatic nitrogens is 1. The zero-order chi connectivity index (χ0) is 21.0. The normalized spacial score (nSPS) is 20.9. The number of hydrogen-bond acceptors (Lipinski definition) is 2. The van der Waals surface area contributed by atoms with Crippen molar-refractivity contribution in [1.82, 2.24) is 4.57 Å². The number of fused-ring (bicyclic) bond motifs is 5. The molecule has 2 heterocycles. The van der Waals surface area contributed by atoms with Crippen molar-refractivity contribution in [2.75, 3.05) is 5.32 Å². The van der Waals surface area contributed by atoms with E-state index >= 15 is 4.39 Å². The molecule has 5 nitrogen and oxygen atoms in total. The largest absolute Gasteiger partial charge is 0.478 e. The third kappa shape index (κ3) is 2.88. The van der Waals surface area contributed by atoms with Crippen molar-refractivity contribution in [3.63, 3.8) is 0 Å². The van der Waals surface area contributed by atoms with E-state index in [4.69, 9.17) is 0 Å². The first kappa shape index (κ1) is 18.8. The number of carboxylic acids is 1. The Bertz CT molecular complexity index is 1200. The molecule has 3 aromatic rings. The van der Waals surface area contributed by atoms with Crippen LogP contribution in [0.15, 0.2) is 36.4 Å². The number of benzene rings is 2. The maximum Gasteiger partial charge on any atom is 0.335 e. The predicted octanol–water partition coefficient (Wildman–Crippen LogP) is 5.09. The molecule has 1 fully saturated rings. The summed E-state index contributed by atoms with van der Waals surface area (Å²) in [5.41, 5.74) is 3.06. The van der Waals surface area contributed by atoms with Crippen molar-refractivity contribution in [2.24, 2.45) is 0 Å². The van der Waals surface area contributed by atoms with Gasteiger partial charge in [-0.1, -0.05) is 18.9 Å². The van der Waals surface area contributed by atoms with E-state index in [-0.39, 0.29) is 23.9 Å². The fourth-order valence-corrected chi connectivity index (χ4v) is 4.91. The van der Waals surface area contributed by atoms with Gasteiger partial charge in [-0.05, 0) is 48.7 Å². The molecule has 0 bridgehead atoms. The van der Waals surface area contributed by atoms with Crippen molar-refractivity contribution < 1.29 is 23.5 Å². The summed E-state index contributed by atoms with van der Waals surface area (Å²) in [6, 6.07) is 8.93. The first-order valence-corrected chi connectivity index (χ1v) is 10.1. The van der Waals surface area contributed by atoms with Gasteiger partial charge in [0.15, 0.2) is 0 Å². The van der Waals surface area contributed by atoms with Crippen LogP contribution in [0.1, 0.15) is 47.5 Å². The highest BCUT2D eigenvalue weighted by Gasteiger charge is 2.35. The Morgan fingerprint density at radius 3 is 2.70 bits per heavy atom. The number of nitrogens with zero attached hydrogens (tertiary/aromatic N) is 1. The molecule has 0 radical (unpaired) electrons. The van der Waals surface area contributed by atoms with Crippen molar-refractivity contribution in [3.05, 3.63) is 53.3 Å². The van der Waals surface area contributed by atoms with E-state index in [2.05, 4.69) is 5.32 Å². The molecule has 154 valence electrons. The van der Waals surface area contributed by atoms with Crippen LogP contribution in [0.2, 0.25) is 0 Å². The fraction of sp³-hybridized carbons (Fsp3) is 0.304. The molecule has 0 unspecified atom stereocenters. The highest BCUT2D eigenvalue weighted by molar-refractivity contribution is 6.04. The number of aromatic carboxylic acids is 1. The van der Waals surface area contributed by atoms with Gasteiger partial charge in [-0.25, -0.2) is 13.6 Å². The van der Waals surface area contributed by atoms with Crippen LogP contribution in [0.5, 0.6) is 0 Å². The number of hydrogen-bond donors (Lipinski definition) is 2. The van der Waals surface area contributed by atoms with Crippen molar-refractivity contribution in [3.8, 4) is 11.3 Å². The Labute approximate surface area is 171 Å². The lowest BCUT2D eigenvalue weighted by Crippen LogP contribution is -2.19. The average Bonchev–Trinajstić information content (AvgIpc) is 2.93. The van der Waals surface area contributed by atoms with Crippen LogP contribution < -0.4 is 5.32 Å². The summed E-state index contributed by atoms with van der Waals surface area (Å²) >= 11 is 0. The van der Waals surface area contributed by atoms with Gasteiger partial charge in [-0.3, -0.25) is 4.79 Å². The molecule has 2 N–H and O–H groups in total. The predicted molar refractivity (Wildman–Crippen MR) is 109 cm³/mol. The number of halogens is 2. The van der Waals surface area contributed by atoms with Crippen molar-refractivity contribution >= 4 is 28.5 Å². The molecule has 1 aliphatic carbocycles. The van der Waals surface area contributed by atoms with E-state index in [1.165, 1.54) is 24.3 Å². The molecule has 2 aliphatic rings. The maximum atomic E-state index is 15.1. The lowest BCUT2D eigenvalue weighted by molar-refractivity contribution is -0.116. The molecule has 1 aromatic heterocycles. The van der Waals surface area contributed by atoms with Crippen LogP contribution in [0, 0.1) is 5.82 Å². The second-order valence-electron chi connectivity index (χ2n) is 8.03. The van der Waals surface area contributed by atoms with E-state index in [0.29, 0.717) is 35.3 Å². The Morgan fingerprint density at radius 1 is 1.13 bits per heavy atom. The first-order chi connectivity index (χ1) is 14.4. The lowest BCUT2D eigenvalue weighted by Gasteiger charge is -2.27. The van der Waals surface area contributed by atoms with Gasteiger partial charge in [-0.15, -0.1) is 0 Å². The van der Waals surface area contributed by atoms with E-state index in [0.717, 1.165) is 23.8 Å². The van der Waals surface area contributed by atoms with Crippen molar-refractivity contribution in [2.45, 2.75) is 44.3 Å². The second-order valence-corrected chi connectivity index (χ2v) is 8.03. The zero-order valence-electron chi connectivity index (χ0n) is 16.1. The molecule has 7 heteroatoms. The van der Waals surface area contributed by atoms with E-state index in [1.54, 1.807) is 16.7 Å². The van der Waals surface area contributed by atoms with Crippen LogP contribution in [-0.2, 0) is 11.3 Å². The highest BCUT2D eigenvalue weighted by Crippen LogP contribution is 2.47. The summed E-state index contributed by atoms with van der Waals surface area (Å²) < 4.78 is 30.7. The number of nitrogens with one attached hydrogen (secondary N) is 1. The smallest absolute Gasteiger partial charge is 0.335 e. The Balaban J connectivity index is 1.88. The number of rotatable bonds is 2. The van der Waals surface area contributed by atoms with Gasteiger partial charge < -0.3 is 15.0 Å². The van der Waals surface area contributed by atoms with Crippen LogP contribution in [-0.4, -0.2) is 27.7 Å². The number of anilines is 1. The van der Waals surface area contributed by atoms with Crippen LogP contribution >= 0.6 is 0 Å². The van der Waals surface area contributed by atoms with Gasteiger partial charge in [0.2, 0.25) is 5.91 Å². The van der Waals surface area contributed by atoms with Gasteiger partial charge in [-0.2, -0.15) is 0 Å². The Hall–Kier alpha value is -3.22. The summed E-state index contributed by atoms with van der Waals surface area (Å²) in [6.45, 7) is -0.0606. The number of carbonyl (C=O) groups is 2. The molecule has 2 aromatic carbocycles. The SMILES string of the molecule is O=C1Cn2c(c([C@@H]3CCCC[C@H]3F)c3ccc(C(=O)O)cc32)-c2ccc(F)cc2N1. The van der Waals surface area contributed by atoms with Crippen LogP contribution in [0.25, 0.3) is 22.2 Å². The van der Waals surface area contributed by atoms with Gasteiger partial charge in [0, 0.05) is 16.9 Å². The Morgan fingerprint density at radius 2 is 1.93 bits per heavy atom. The molecule has 2 atom stereocenters. The molecule has 0 spiro atoms. The fourth-order valence-electron chi connectivity index (χ4n) is 4.91. The molecular formula is C23H20F2N2O3. The van der Waals surface area contributed by atoms with Gasteiger partial charge in [0.1, 0.15) is 18.5 Å². The van der Waals surface area contributed by atoms with Crippen LogP contribution in [0.3, 0.4) is 0 Å². The molecular weight excluding hydrogens is 390 g/mol. The third-order valence-electron chi connectivity index (χ3n) is 6.22. The summed E-state index contributed by atoms with van der Waals surface area (Å²) in [5, 5.41) is 12.9. The van der Waals surface area contributed by atoms with E-state index < -0.39 is 18.0 Å². The molecule has 1 saturated carbocycles. The lowest BCUT2D eigenvalue weighted by atomic mass is 9.80. The van der Waals surface area contributed by atoms with Gasteiger partial charge in [0.05, 0.1) is 22.5 Å². The number of carboxylic acid groups (broad SMARTS) is 1. The van der Waals surface area contributed by atoms with Gasteiger partial charge >= 0.3 is 5.97 Å². The summed E-state index contributed by atoms with van der Waals surface area (Å²) in [6.07, 6.45) is 1.85. The standard InChI is InChI=1S/C23H20F2N2O3/c24-13-6-8-15-18(10-13)26-20(28)11-27-19-9-12(23(29)30)5-7-16(19)21(22(15)27)14-3-1-2-4-17(14)25/h5-10,14,17H,1-4,11H2,(H,26,28)(H,29,30)/t14-,17-/m1/s1. The second kappa shape index (κ2) is 6.93. The molecule has 5 rings (SSSR count). The monoisotopic (exact) mass is 410 g/mol. The highest BCUT2D eigenvalue weighted by atomic mass is 19.1. The minimum Gasteiger partial charge on any atom is -0.478 e. The van der Waals surface area contributed by atoms with Crippen LogP contribution in [0.4, 0.5) is 14.5 Å². The number of amides is 1. The summed E-state index contributed by atoms with van der Waals surface area (Å²) in [4.78, 5) is 24.1. The average molecular weight is 410 g/mol. The molecule has 0 saturated heterocycles. The zero-order valence-corrected chi connectivity index (χ0v) is 16.1. The molecule has 1 aliphatic heterocycles.